The van der Waals surface area contributed by atoms with Crippen LogP contribution in [0.1, 0.15) is 24.8 Å². The first-order valence-corrected chi connectivity index (χ1v) is 7.32. The first-order chi connectivity index (χ1) is 8.66. The molecule has 0 aromatic carbocycles. The van der Waals surface area contributed by atoms with Crippen molar-refractivity contribution in [1.82, 2.24) is 15.5 Å². The van der Waals surface area contributed by atoms with Gasteiger partial charge in [0.15, 0.2) is 0 Å². The number of carbonyl (C=O) groups excluding carboxylic acids is 1. The standard InChI is InChI=1S/C13H21N3OS.ClH/c1-10-8-14-5-6-16(10)9-13(17)15-11(2)12-4-3-7-18-12;/h3-4,7,10-11,14H,5-6,8-9H2,1-2H3,(H,15,17);1H/t10-,11?;/m1./s1. The highest BCUT2D eigenvalue weighted by molar-refractivity contribution is 7.10. The molecule has 108 valence electrons. The Morgan fingerprint density at radius 3 is 3.11 bits per heavy atom. The van der Waals surface area contributed by atoms with Gasteiger partial charge in [0.1, 0.15) is 0 Å². The molecule has 6 heteroatoms. The molecule has 2 atom stereocenters. The molecule has 2 rings (SSSR count). The summed E-state index contributed by atoms with van der Waals surface area (Å²) in [6, 6.07) is 4.61. The number of hydrogen-bond donors (Lipinski definition) is 2. The fraction of sp³-hybridized carbons (Fsp3) is 0.615. The van der Waals surface area contributed by atoms with E-state index in [0.29, 0.717) is 12.6 Å². The van der Waals surface area contributed by atoms with Gasteiger partial charge in [0, 0.05) is 30.6 Å². The zero-order valence-corrected chi connectivity index (χ0v) is 13.0. The van der Waals surface area contributed by atoms with Gasteiger partial charge >= 0.3 is 0 Å². The van der Waals surface area contributed by atoms with E-state index in [1.807, 2.05) is 18.4 Å². The van der Waals surface area contributed by atoms with Gasteiger partial charge in [-0.1, -0.05) is 6.07 Å². The van der Waals surface area contributed by atoms with Crippen molar-refractivity contribution < 1.29 is 4.79 Å². The Balaban J connectivity index is 0.00000180. The minimum atomic E-state index is 0. The predicted octanol–water partition coefficient (Wildman–Crippen LogP) is 1.64. The van der Waals surface area contributed by atoms with Crippen LogP contribution in [0.25, 0.3) is 0 Å². The predicted molar refractivity (Wildman–Crippen MR) is 82.0 cm³/mol. The normalized spacial score (nSPS) is 21.5. The van der Waals surface area contributed by atoms with Crippen molar-refractivity contribution in [2.75, 3.05) is 26.2 Å². The lowest BCUT2D eigenvalue weighted by molar-refractivity contribution is -0.123. The molecule has 0 radical (unpaired) electrons. The summed E-state index contributed by atoms with van der Waals surface area (Å²) >= 11 is 1.68. The molecule has 1 saturated heterocycles. The quantitative estimate of drug-likeness (QED) is 0.889. The lowest BCUT2D eigenvalue weighted by atomic mass is 10.2. The van der Waals surface area contributed by atoms with E-state index in [1.54, 1.807) is 11.3 Å². The van der Waals surface area contributed by atoms with Crippen LogP contribution in [0.4, 0.5) is 0 Å². The monoisotopic (exact) mass is 303 g/mol. The average Bonchev–Trinajstić information content (AvgIpc) is 2.85. The summed E-state index contributed by atoms with van der Waals surface area (Å²) in [5.74, 6) is 0.115. The van der Waals surface area contributed by atoms with Gasteiger partial charge in [-0.05, 0) is 25.3 Å². The maximum Gasteiger partial charge on any atom is 0.234 e. The van der Waals surface area contributed by atoms with E-state index in [1.165, 1.54) is 4.88 Å². The summed E-state index contributed by atoms with van der Waals surface area (Å²) < 4.78 is 0. The molecular formula is C13H22ClN3OS. The van der Waals surface area contributed by atoms with Crippen LogP contribution in [0, 0.1) is 0 Å². The summed E-state index contributed by atoms with van der Waals surface area (Å²) in [4.78, 5) is 15.4. The Labute approximate surface area is 125 Å². The van der Waals surface area contributed by atoms with Crippen LogP contribution in [0.5, 0.6) is 0 Å². The van der Waals surface area contributed by atoms with Gasteiger partial charge < -0.3 is 10.6 Å². The molecule has 0 saturated carbocycles. The van der Waals surface area contributed by atoms with Crippen LogP contribution in [0.3, 0.4) is 0 Å². The fourth-order valence-electron chi connectivity index (χ4n) is 2.20. The highest BCUT2D eigenvalue weighted by atomic mass is 35.5. The number of piperazine rings is 1. The molecule has 1 unspecified atom stereocenters. The average molecular weight is 304 g/mol. The van der Waals surface area contributed by atoms with Gasteiger partial charge in [-0.3, -0.25) is 9.69 Å². The van der Waals surface area contributed by atoms with Crippen molar-refractivity contribution in [3.8, 4) is 0 Å². The van der Waals surface area contributed by atoms with Crippen LogP contribution in [0.15, 0.2) is 17.5 Å². The number of rotatable bonds is 4. The third-order valence-electron chi connectivity index (χ3n) is 3.33. The second kappa shape index (κ2) is 7.85. The SMILES string of the molecule is CC(NC(=O)CN1CCNC[C@H]1C)c1cccs1.Cl. The van der Waals surface area contributed by atoms with E-state index in [0.717, 1.165) is 19.6 Å². The highest BCUT2D eigenvalue weighted by Gasteiger charge is 2.21. The van der Waals surface area contributed by atoms with Gasteiger partial charge in [0.2, 0.25) is 5.91 Å². The molecule has 1 aromatic rings. The number of hydrogen-bond acceptors (Lipinski definition) is 4. The maximum absolute atomic E-state index is 12.0. The Kier molecular flexibility index (Phi) is 6.79. The summed E-state index contributed by atoms with van der Waals surface area (Å²) in [5.41, 5.74) is 0. The molecule has 2 N–H and O–H groups in total. The minimum Gasteiger partial charge on any atom is -0.348 e. The minimum absolute atomic E-state index is 0. The molecule has 0 spiro atoms. The molecule has 4 nitrogen and oxygen atoms in total. The zero-order valence-electron chi connectivity index (χ0n) is 11.4. The molecule has 1 aliphatic rings. The Morgan fingerprint density at radius 2 is 2.47 bits per heavy atom. The van der Waals surface area contributed by atoms with Crippen molar-refractivity contribution in [2.24, 2.45) is 0 Å². The number of halogens is 1. The van der Waals surface area contributed by atoms with Crippen molar-refractivity contribution in [3.63, 3.8) is 0 Å². The topological polar surface area (TPSA) is 44.4 Å². The Hall–Kier alpha value is -0.620. The van der Waals surface area contributed by atoms with Crippen molar-refractivity contribution in [1.29, 1.82) is 0 Å². The Morgan fingerprint density at radius 1 is 1.68 bits per heavy atom. The molecule has 1 amide bonds. The largest absolute Gasteiger partial charge is 0.348 e. The van der Waals surface area contributed by atoms with Crippen LogP contribution in [0.2, 0.25) is 0 Å². The first kappa shape index (κ1) is 16.4. The van der Waals surface area contributed by atoms with Gasteiger partial charge in [0.25, 0.3) is 0 Å². The molecule has 2 heterocycles. The number of nitrogens with one attached hydrogen (secondary N) is 2. The number of amides is 1. The van der Waals surface area contributed by atoms with Crippen molar-refractivity contribution in [2.45, 2.75) is 25.9 Å². The summed E-state index contributed by atoms with van der Waals surface area (Å²) in [5, 5.41) is 8.43. The lowest BCUT2D eigenvalue weighted by Crippen LogP contribution is -2.52. The van der Waals surface area contributed by atoms with Gasteiger partial charge in [-0.2, -0.15) is 0 Å². The van der Waals surface area contributed by atoms with Crippen LogP contribution in [-0.4, -0.2) is 43.0 Å². The van der Waals surface area contributed by atoms with Crippen molar-refractivity contribution in [3.05, 3.63) is 22.4 Å². The third kappa shape index (κ3) is 4.76. The first-order valence-electron chi connectivity index (χ1n) is 6.44. The van der Waals surface area contributed by atoms with Crippen molar-refractivity contribution >= 4 is 29.7 Å². The van der Waals surface area contributed by atoms with E-state index in [9.17, 15) is 4.79 Å². The number of carbonyl (C=O) groups is 1. The second-order valence-electron chi connectivity index (χ2n) is 4.83. The molecule has 1 aromatic heterocycles. The van der Waals surface area contributed by atoms with E-state index >= 15 is 0 Å². The summed E-state index contributed by atoms with van der Waals surface area (Å²) in [6.07, 6.45) is 0. The molecular weight excluding hydrogens is 282 g/mol. The van der Waals surface area contributed by atoms with E-state index in [-0.39, 0.29) is 24.4 Å². The molecule has 19 heavy (non-hydrogen) atoms. The third-order valence-corrected chi connectivity index (χ3v) is 4.39. The summed E-state index contributed by atoms with van der Waals surface area (Å²) in [7, 11) is 0. The summed E-state index contributed by atoms with van der Waals surface area (Å²) in [6.45, 7) is 7.57. The van der Waals surface area contributed by atoms with Gasteiger partial charge in [-0.25, -0.2) is 0 Å². The molecule has 1 aliphatic heterocycles. The number of thiophene rings is 1. The highest BCUT2D eigenvalue weighted by Crippen LogP contribution is 2.17. The number of nitrogens with zero attached hydrogens (tertiary/aromatic N) is 1. The van der Waals surface area contributed by atoms with E-state index < -0.39 is 0 Å². The fourth-order valence-corrected chi connectivity index (χ4v) is 2.93. The van der Waals surface area contributed by atoms with Gasteiger partial charge in [-0.15, -0.1) is 23.7 Å². The zero-order chi connectivity index (χ0) is 13.0. The van der Waals surface area contributed by atoms with Crippen LogP contribution < -0.4 is 10.6 Å². The second-order valence-corrected chi connectivity index (χ2v) is 5.81. The van der Waals surface area contributed by atoms with E-state index in [4.69, 9.17) is 0 Å². The van der Waals surface area contributed by atoms with Gasteiger partial charge in [0.05, 0.1) is 12.6 Å². The van der Waals surface area contributed by atoms with Crippen LogP contribution >= 0.6 is 23.7 Å². The molecule has 0 bridgehead atoms. The molecule has 1 fully saturated rings. The lowest BCUT2D eigenvalue weighted by Gasteiger charge is -2.33. The maximum atomic E-state index is 12.0. The smallest absolute Gasteiger partial charge is 0.234 e. The molecule has 0 aliphatic carbocycles. The van der Waals surface area contributed by atoms with Crippen LogP contribution in [-0.2, 0) is 4.79 Å². The van der Waals surface area contributed by atoms with E-state index in [2.05, 4.69) is 28.5 Å². The Bertz CT molecular complexity index is 385.